The van der Waals surface area contributed by atoms with Gasteiger partial charge in [0.05, 0.1) is 0 Å². The lowest BCUT2D eigenvalue weighted by Gasteiger charge is -2.13. The predicted octanol–water partition coefficient (Wildman–Crippen LogP) is 32.6. The highest BCUT2D eigenvalue weighted by Crippen LogP contribution is 2.51. The van der Waals surface area contributed by atoms with E-state index < -0.39 is 0 Å². The maximum Gasteiger partial charge on any atom is 0.0390 e. The molecule has 15 rings (SSSR count). The van der Waals surface area contributed by atoms with E-state index in [1.54, 1.807) is 0 Å². The molecule has 15 aromatic rings. The summed E-state index contributed by atoms with van der Waals surface area (Å²) in [5, 5.41) is 15.0. The summed E-state index contributed by atoms with van der Waals surface area (Å²) in [7, 11) is 0. The van der Waals surface area contributed by atoms with Gasteiger partial charge in [0.1, 0.15) is 0 Å². The van der Waals surface area contributed by atoms with E-state index in [-0.39, 0.29) is 0 Å². The normalized spacial score (nSPS) is 11.8. The second kappa shape index (κ2) is 28.4. The third-order valence-corrected chi connectivity index (χ3v) is 35.7. The minimum Gasteiger partial charge on any atom is -0.135 e. The first-order chi connectivity index (χ1) is 48.8. The van der Waals surface area contributed by atoms with Crippen molar-refractivity contribution in [3.05, 3.63) is 223 Å². The molecule has 10 aromatic carbocycles. The van der Waals surface area contributed by atoms with Gasteiger partial charge in [0.15, 0.2) is 0 Å². The highest BCUT2D eigenvalue weighted by molar-refractivity contribution is 7.28. The number of rotatable bonds is 0. The Morgan fingerprint density at radius 2 is 0.133 bits per heavy atom. The molecule has 0 spiro atoms. The number of benzene rings is 10. The standard InChI is InChI=1S/5C20H24S/c5*1-9-11(3)15(7)19-17(13(9)5)18-14(6)10(2)12(4)16(8)20(18)21-19/h5*1-8H3. The van der Waals surface area contributed by atoms with Crippen molar-refractivity contribution < 1.29 is 0 Å². The topological polar surface area (TPSA) is 0 Å². The molecular weight excluding hydrogens is 1360 g/mol. The lowest BCUT2D eigenvalue weighted by molar-refractivity contribution is 1.25. The highest BCUT2D eigenvalue weighted by atomic mass is 32.1. The van der Waals surface area contributed by atoms with Crippen LogP contribution < -0.4 is 0 Å². The van der Waals surface area contributed by atoms with Crippen molar-refractivity contribution in [2.45, 2.75) is 277 Å². The molecule has 0 amide bonds. The fraction of sp³-hybridized carbons (Fsp3) is 0.400. The van der Waals surface area contributed by atoms with Crippen molar-refractivity contribution in [2.75, 3.05) is 0 Å². The summed E-state index contributed by atoms with van der Waals surface area (Å²) in [6.45, 7) is 91.0. The number of aryl methyl sites for hydroxylation is 20. The lowest BCUT2D eigenvalue weighted by Crippen LogP contribution is -1.94. The van der Waals surface area contributed by atoms with Crippen LogP contribution in [0, 0.1) is 277 Å². The molecule has 5 aromatic heterocycles. The van der Waals surface area contributed by atoms with Crippen LogP contribution in [0.2, 0.25) is 0 Å². The Morgan fingerprint density at radius 1 is 0.0762 bits per heavy atom. The summed E-state index contributed by atoms with van der Waals surface area (Å²) >= 11 is 9.94. The summed E-state index contributed by atoms with van der Waals surface area (Å²) in [4.78, 5) is 0. The van der Waals surface area contributed by atoms with Crippen LogP contribution in [0.3, 0.4) is 0 Å². The van der Waals surface area contributed by atoms with Crippen LogP contribution in [0.4, 0.5) is 0 Å². The average molecular weight is 1480 g/mol. The van der Waals surface area contributed by atoms with Crippen molar-refractivity contribution in [3.63, 3.8) is 0 Å². The first kappa shape index (κ1) is 79.3. The fourth-order valence-corrected chi connectivity index (χ4v) is 25.2. The Hall–Kier alpha value is -6.70. The molecule has 0 aliphatic rings. The molecule has 0 fully saturated rings. The maximum absolute atomic E-state index is 2.29. The zero-order valence-electron chi connectivity index (χ0n) is 72.0. The van der Waals surface area contributed by atoms with E-state index in [0.29, 0.717) is 0 Å². The molecule has 5 heteroatoms. The van der Waals surface area contributed by atoms with Crippen molar-refractivity contribution in [3.8, 4) is 0 Å². The molecule has 0 nitrogen and oxygen atoms in total. The van der Waals surface area contributed by atoms with Crippen LogP contribution >= 0.6 is 56.7 Å². The third-order valence-electron chi connectivity index (χ3n) is 28.6. The van der Waals surface area contributed by atoms with Gasteiger partial charge < -0.3 is 0 Å². The quantitative estimate of drug-likeness (QED) is 0.142. The number of fused-ring (bicyclic) bond motifs is 15. The summed E-state index contributed by atoms with van der Waals surface area (Å²) < 4.78 is 14.9. The molecule has 0 unspecified atom stereocenters. The smallest absolute Gasteiger partial charge is 0.0390 e. The lowest BCUT2D eigenvalue weighted by atomic mass is 9.90. The molecule has 0 saturated heterocycles. The van der Waals surface area contributed by atoms with Gasteiger partial charge in [-0.3, -0.25) is 0 Å². The second-order valence-corrected chi connectivity index (χ2v) is 37.7. The molecule has 0 atom stereocenters. The minimum atomic E-state index is 1.45. The van der Waals surface area contributed by atoms with E-state index >= 15 is 0 Å². The van der Waals surface area contributed by atoms with Gasteiger partial charge in [0, 0.05) is 101 Å². The van der Waals surface area contributed by atoms with Crippen molar-refractivity contribution >= 4 is 158 Å². The van der Waals surface area contributed by atoms with E-state index in [0.717, 1.165) is 0 Å². The number of hydrogen-bond acceptors (Lipinski definition) is 5. The summed E-state index contributed by atoms with van der Waals surface area (Å²) in [6.07, 6.45) is 0. The zero-order chi connectivity index (χ0) is 78.2. The van der Waals surface area contributed by atoms with E-state index in [2.05, 4.69) is 277 Å². The van der Waals surface area contributed by atoms with Crippen molar-refractivity contribution in [2.24, 2.45) is 0 Å². The maximum atomic E-state index is 2.29. The molecule has 0 N–H and O–H groups in total. The Morgan fingerprint density at radius 3 is 0.200 bits per heavy atom. The van der Waals surface area contributed by atoms with Gasteiger partial charge in [-0.25, -0.2) is 0 Å². The van der Waals surface area contributed by atoms with Crippen LogP contribution in [0.5, 0.6) is 0 Å². The third kappa shape index (κ3) is 11.8. The number of thiophene rings is 5. The van der Waals surface area contributed by atoms with Crippen LogP contribution in [0.25, 0.3) is 101 Å². The van der Waals surface area contributed by atoms with E-state index in [9.17, 15) is 0 Å². The van der Waals surface area contributed by atoms with E-state index in [1.165, 1.54) is 323 Å². The van der Waals surface area contributed by atoms with E-state index in [4.69, 9.17) is 0 Å². The molecule has 0 saturated carbocycles. The van der Waals surface area contributed by atoms with Gasteiger partial charge in [-0.05, 0) is 499 Å². The highest BCUT2D eigenvalue weighted by Gasteiger charge is 2.26. The Kier molecular flexibility index (Phi) is 21.4. The summed E-state index contributed by atoms with van der Waals surface area (Å²) in [5.41, 5.74) is 58.3. The molecule has 105 heavy (non-hydrogen) atoms. The minimum absolute atomic E-state index is 1.45. The molecule has 0 aliphatic heterocycles. The van der Waals surface area contributed by atoms with Gasteiger partial charge in [-0.15, -0.1) is 56.7 Å². The van der Waals surface area contributed by atoms with E-state index in [1.807, 2.05) is 56.7 Å². The molecular formula is C100H120S5. The van der Waals surface area contributed by atoms with Crippen LogP contribution in [-0.4, -0.2) is 0 Å². The number of hydrogen-bond donors (Lipinski definition) is 0. The molecule has 5 heterocycles. The Balaban J connectivity index is 0.000000131. The first-order valence-corrected chi connectivity index (χ1v) is 42.4. The Bertz CT molecular complexity index is 5060. The van der Waals surface area contributed by atoms with Crippen molar-refractivity contribution in [1.29, 1.82) is 0 Å². The summed E-state index contributed by atoms with van der Waals surface area (Å²) in [6, 6.07) is 0. The molecule has 550 valence electrons. The van der Waals surface area contributed by atoms with Crippen molar-refractivity contribution in [1.82, 2.24) is 0 Å². The van der Waals surface area contributed by atoms with Gasteiger partial charge in [0.2, 0.25) is 0 Å². The fourth-order valence-electron chi connectivity index (χ4n) is 17.6. The monoisotopic (exact) mass is 1480 g/mol. The molecule has 0 bridgehead atoms. The van der Waals surface area contributed by atoms with Gasteiger partial charge >= 0.3 is 0 Å². The largest absolute Gasteiger partial charge is 0.135 e. The molecule has 0 radical (unpaired) electrons. The second-order valence-electron chi connectivity index (χ2n) is 32.6. The zero-order valence-corrected chi connectivity index (χ0v) is 76.1. The predicted molar refractivity (Wildman–Crippen MR) is 486 cm³/mol. The van der Waals surface area contributed by atoms with Crippen LogP contribution in [0.1, 0.15) is 223 Å². The average Bonchev–Trinajstić information content (AvgIpc) is 1.62. The van der Waals surface area contributed by atoms with Gasteiger partial charge in [-0.2, -0.15) is 0 Å². The van der Waals surface area contributed by atoms with Gasteiger partial charge in [0.25, 0.3) is 0 Å². The SMILES string of the molecule is Cc1c(C)c(C)c2c(sc3c(C)c(C)c(C)c(C)c32)c1C.Cc1c(C)c(C)c2c(sc3c(C)c(C)c(C)c(C)c32)c1C.Cc1c(C)c(C)c2c(sc3c(C)c(C)c(C)c(C)c32)c1C.Cc1c(C)c(C)c2c(sc3c(C)c(C)c(C)c(C)c32)c1C.Cc1c(C)c(C)c2c(sc3c(C)c(C)c(C)c(C)c32)c1C. The first-order valence-electron chi connectivity index (χ1n) is 38.3. The Labute approximate surface area is 651 Å². The molecule has 0 aliphatic carbocycles. The van der Waals surface area contributed by atoms with Crippen LogP contribution in [-0.2, 0) is 0 Å². The summed E-state index contributed by atoms with van der Waals surface area (Å²) in [5.74, 6) is 0. The van der Waals surface area contributed by atoms with Crippen LogP contribution in [0.15, 0.2) is 0 Å². The van der Waals surface area contributed by atoms with Gasteiger partial charge in [-0.1, -0.05) is 0 Å².